The van der Waals surface area contributed by atoms with E-state index in [1.165, 1.54) is 0 Å². The number of hydrogen-bond donors (Lipinski definition) is 0. The summed E-state index contributed by atoms with van der Waals surface area (Å²) in [4.78, 5) is 0. The van der Waals surface area contributed by atoms with Gasteiger partial charge in [0.1, 0.15) is 5.75 Å². The average Bonchev–Trinajstić information content (AvgIpc) is 2.41. The van der Waals surface area contributed by atoms with E-state index in [-0.39, 0.29) is 5.38 Å². The fourth-order valence-electron chi connectivity index (χ4n) is 1.90. The Morgan fingerprint density at radius 2 is 1.89 bits per heavy atom. The van der Waals surface area contributed by atoms with Crippen LogP contribution in [0.2, 0.25) is 5.02 Å². The average molecular weight is 407 g/mol. The maximum atomic E-state index is 6.57. The maximum Gasteiger partial charge on any atom is 0.123 e. The van der Waals surface area contributed by atoms with Crippen LogP contribution in [0.3, 0.4) is 0 Å². The van der Waals surface area contributed by atoms with Gasteiger partial charge in [0.05, 0.1) is 17.5 Å². The second-order valence-corrected chi connectivity index (χ2v) is 6.29. The predicted molar refractivity (Wildman–Crippen MR) is 89.6 cm³/mol. The van der Waals surface area contributed by atoms with Gasteiger partial charge in [-0.05, 0) is 53.3 Å². The Kier molecular flexibility index (Phi) is 4.98. The van der Waals surface area contributed by atoms with Crippen LogP contribution in [-0.2, 0) is 0 Å². The van der Waals surface area contributed by atoms with E-state index in [2.05, 4.69) is 22.6 Å². The van der Waals surface area contributed by atoms with Crippen molar-refractivity contribution in [2.75, 3.05) is 7.11 Å². The van der Waals surface area contributed by atoms with Crippen LogP contribution in [0.4, 0.5) is 0 Å². The van der Waals surface area contributed by atoms with Crippen molar-refractivity contribution in [2.45, 2.75) is 12.3 Å². The number of halogens is 3. The first-order chi connectivity index (χ1) is 9.02. The summed E-state index contributed by atoms with van der Waals surface area (Å²) >= 11 is 14.9. The van der Waals surface area contributed by atoms with Crippen molar-refractivity contribution in [3.63, 3.8) is 0 Å². The lowest BCUT2D eigenvalue weighted by molar-refractivity contribution is 0.410. The number of methoxy groups -OCH3 is 1. The molecule has 0 fully saturated rings. The van der Waals surface area contributed by atoms with Gasteiger partial charge in [0.2, 0.25) is 0 Å². The van der Waals surface area contributed by atoms with Crippen molar-refractivity contribution in [2.24, 2.45) is 0 Å². The minimum atomic E-state index is -0.274. The van der Waals surface area contributed by atoms with E-state index in [0.29, 0.717) is 0 Å². The van der Waals surface area contributed by atoms with E-state index in [1.807, 2.05) is 43.3 Å². The van der Waals surface area contributed by atoms with E-state index in [4.69, 9.17) is 27.9 Å². The number of ether oxygens (including phenoxy) is 1. The molecular weight excluding hydrogens is 394 g/mol. The number of hydrogen-bond acceptors (Lipinski definition) is 1. The first-order valence-corrected chi connectivity index (χ1v) is 7.66. The molecule has 2 aromatic rings. The lowest BCUT2D eigenvalue weighted by Crippen LogP contribution is -1.98. The molecule has 0 aliphatic rings. The summed E-state index contributed by atoms with van der Waals surface area (Å²) in [6.07, 6.45) is 0. The Morgan fingerprint density at radius 3 is 2.53 bits per heavy atom. The van der Waals surface area contributed by atoms with Gasteiger partial charge in [0, 0.05) is 9.13 Å². The normalized spacial score (nSPS) is 12.3. The SMILES string of the molecule is COc1ccc(C)cc1C(Cl)c1ccc(I)c(Cl)c1. The van der Waals surface area contributed by atoms with Crippen LogP contribution in [0, 0.1) is 10.5 Å². The first-order valence-electron chi connectivity index (χ1n) is 5.76. The molecule has 1 nitrogen and oxygen atoms in total. The molecule has 2 aromatic carbocycles. The quantitative estimate of drug-likeness (QED) is 0.476. The number of alkyl halides is 1. The Morgan fingerprint density at radius 1 is 1.16 bits per heavy atom. The molecule has 0 aliphatic carbocycles. The van der Waals surface area contributed by atoms with Crippen LogP contribution in [0.25, 0.3) is 0 Å². The molecule has 19 heavy (non-hydrogen) atoms. The summed E-state index contributed by atoms with van der Waals surface area (Å²) in [6, 6.07) is 11.9. The summed E-state index contributed by atoms with van der Waals surface area (Å²) in [6.45, 7) is 2.04. The molecule has 0 heterocycles. The smallest absolute Gasteiger partial charge is 0.123 e. The van der Waals surface area contributed by atoms with Crippen LogP contribution >= 0.6 is 45.8 Å². The second kappa shape index (κ2) is 6.33. The van der Waals surface area contributed by atoms with Crippen molar-refractivity contribution in [1.29, 1.82) is 0 Å². The number of rotatable bonds is 3. The minimum absolute atomic E-state index is 0.274. The highest BCUT2D eigenvalue weighted by molar-refractivity contribution is 14.1. The second-order valence-electron chi connectivity index (χ2n) is 4.28. The van der Waals surface area contributed by atoms with Crippen LogP contribution in [0.5, 0.6) is 5.75 Å². The van der Waals surface area contributed by atoms with Crippen molar-refractivity contribution >= 4 is 45.8 Å². The highest BCUT2D eigenvalue weighted by Gasteiger charge is 2.16. The van der Waals surface area contributed by atoms with Gasteiger partial charge in [-0.25, -0.2) is 0 Å². The molecule has 0 amide bonds. The monoisotopic (exact) mass is 406 g/mol. The Hall–Kier alpha value is -0.450. The van der Waals surface area contributed by atoms with Gasteiger partial charge in [-0.1, -0.05) is 35.4 Å². The van der Waals surface area contributed by atoms with Crippen molar-refractivity contribution in [3.05, 3.63) is 61.7 Å². The van der Waals surface area contributed by atoms with Crippen LogP contribution < -0.4 is 4.74 Å². The minimum Gasteiger partial charge on any atom is -0.496 e. The number of aryl methyl sites for hydroxylation is 1. The summed E-state index contributed by atoms with van der Waals surface area (Å²) in [5, 5.41) is 0.444. The molecule has 1 atom stereocenters. The topological polar surface area (TPSA) is 9.23 Å². The lowest BCUT2D eigenvalue weighted by Gasteiger charge is -2.15. The summed E-state index contributed by atoms with van der Waals surface area (Å²) in [5.41, 5.74) is 3.08. The third-order valence-corrected chi connectivity index (χ3v) is 4.95. The number of benzene rings is 2. The van der Waals surface area contributed by atoms with E-state index < -0.39 is 0 Å². The largest absolute Gasteiger partial charge is 0.496 e. The van der Waals surface area contributed by atoms with Gasteiger partial charge >= 0.3 is 0 Å². The Bertz CT molecular complexity index is 599. The molecule has 0 saturated heterocycles. The molecule has 0 aromatic heterocycles. The van der Waals surface area contributed by atoms with Crippen molar-refractivity contribution < 1.29 is 4.74 Å². The zero-order valence-electron chi connectivity index (χ0n) is 10.6. The van der Waals surface area contributed by atoms with E-state index in [0.717, 1.165) is 31.0 Å². The standard InChI is InChI=1S/C15H13Cl2IO/c1-9-3-6-14(19-2)11(7-9)15(17)10-4-5-13(18)12(16)8-10/h3-8,15H,1-2H3. The molecule has 0 N–H and O–H groups in total. The third-order valence-electron chi connectivity index (χ3n) is 2.89. The molecule has 0 spiro atoms. The predicted octanol–water partition coefficient (Wildman–Crippen LogP) is 5.59. The van der Waals surface area contributed by atoms with E-state index in [1.54, 1.807) is 7.11 Å². The highest BCUT2D eigenvalue weighted by Crippen LogP contribution is 2.37. The fourth-order valence-corrected chi connectivity index (χ4v) is 2.73. The van der Waals surface area contributed by atoms with Crippen molar-refractivity contribution in [3.8, 4) is 5.75 Å². The molecule has 0 aliphatic heterocycles. The molecule has 2 rings (SSSR count). The first kappa shape index (κ1) is 14.9. The fraction of sp³-hybridized carbons (Fsp3) is 0.200. The van der Waals surface area contributed by atoms with Crippen LogP contribution in [0.1, 0.15) is 22.1 Å². The molecule has 1 unspecified atom stereocenters. The third kappa shape index (κ3) is 3.36. The summed E-state index contributed by atoms with van der Waals surface area (Å²) in [7, 11) is 1.65. The zero-order chi connectivity index (χ0) is 14.0. The maximum absolute atomic E-state index is 6.57. The van der Waals surface area contributed by atoms with E-state index >= 15 is 0 Å². The molecular formula is C15H13Cl2IO. The van der Waals surface area contributed by atoms with Gasteiger partial charge in [-0.3, -0.25) is 0 Å². The van der Waals surface area contributed by atoms with Gasteiger partial charge in [-0.15, -0.1) is 11.6 Å². The van der Waals surface area contributed by atoms with Gasteiger partial charge in [0.25, 0.3) is 0 Å². The summed E-state index contributed by atoms with van der Waals surface area (Å²) < 4.78 is 6.39. The van der Waals surface area contributed by atoms with Gasteiger partial charge in [-0.2, -0.15) is 0 Å². The molecule has 4 heteroatoms. The molecule has 100 valence electrons. The molecule has 0 radical (unpaired) electrons. The lowest BCUT2D eigenvalue weighted by atomic mass is 10.0. The van der Waals surface area contributed by atoms with E-state index in [9.17, 15) is 0 Å². The van der Waals surface area contributed by atoms with Gasteiger partial charge in [0.15, 0.2) is 0 Å². The molecule has 0 saturated carbocycles. The van der Waals surface area contributed by atoms with Crippen LogP contribution in [0.15, 0.2) is 36.4 Å². The molecule has 0 bridgehead atoms. The Balaban J connectivity index is 2.45. The Labute approximate surface area is 137 Å². The van der Waals surface area contributed by atoms with Gasteiger partial charge < -0.3 is 4.74 Å². The van der Waals surface area contributed by atoms with Crippen LogP contribution in [-0.4, -0.2) is 7.11 Å². The summed E-state index contributed by atoms with van der Waals surface area (Å²) in [5.74, 6) is 0.792. The highest BCUT2D eigenvalue weighted by atomic mass is 127. The zero-order valence-corrected chi connectivity index (χ0v) is 14.3. The van der Waals surface area contributed by atoms with Crippen molar-refractivity contribution in [1.82, 2.24) is 0 Å².